The molecular formula is C39H59Na3O24. The Morgan fingerprint density at radius 3 is 1.83 bits per heavy atom. The summed E-state index contributed by atoms with van der Waals surface area (Å²) in [5.41, 5.74) is -4.21. The maximum absolute atomic E-state index is 12.4. The van der Waals surface area contributed by atoms with Crippen LogP contribution in [0, 0.1) is 28.6 Å². The van der Waals surface area contributed by atoms with E-state index in [1.165, 1.54) is 5.57 Å². The molecule has 3 saturated carbocycles. The van der Waals surface area contributed by atoms with Crippen molar-refractivity contribution in [2.24, 2.45) is 28.6 Å². The number of rotatable bonds is 14. The van der Waals surface area contributed by atoms with Gasteiger partial charge in [0, 0.05) is 36.6 Å². The number of ether oxygens (including phenoxy) is 1. The average molecular weight is 981 g/mol. The van der Waals surface area contributed by atoms with Crippen LogP contribution in [-0.2, 0) is 33.5 Å². The maximum atomic E-state index is 12.4. The van der Waals surface area contributed by atoms with Gasteiger partial charge in [0.2, 0.25) is 5.79 Å². The van der Waals surface area contributed by atoms with E-state index in [-0.39, 0.29) is 124 Å². The van der Waals surface area contributed by atoms with E-state index in [9.17, 15) is 64.5 Å². The van der Waals surface area contributed by atoms with Crippen LogP contribution < -0.4 is 104 Å². The fraction of sp³-hybridized carbons (Fsp3) is 0.795. The number of hydrogen-bond acceptors (Lipinski definition) is 24. The van der Waals surface area contributed by atoms with E-state index in [2.05, 4.69) is 11.7 Å². The molecule has 4 aliphatic carbocycles. The Labute approximate surface area is 445 Å². The summed E-state index contributed by atoms with van der Waals surface area (Å²) in [7, 11) is 0. The van der Waals surface area contributed by atoms with E-state index in [1.807, 2.05) is 6.92 Å². The average Bonchev–Trinajstić information content (AvgIpc) is 3.63. The third-order valence-corrected chi connectivity index (χ3v) is 13.3. The molecule has 0 spiro atoms. The molecule has 0 aromatic heterocycles. The summed E-state index contributed by atoms with van der Waals surface area (Å²) < 4.78 is 4.63. The van der Waals surface area contributed by atoms with Gasteiger partial charge in [-0.2, -0.15) is 0 Å². The first kappa shape index (κ1) is 67.6. The van der Waals surface area contributed by atoms with Gasteiger partial charge in [0.1, 0.15) is 60.5 Å². The van der Waals surface area contributed by atoms with E-state index in [0.717, 1.165) is 25.7 Å². The van der Waals surface area contributed by atoms with Crippen molar-refractivity contribution in [1.29, 1.82) is 0 Å². The van der Waals surface area contributed by atoms with Gasteiger partial charge in [-0.05, 0) is 67.8 Å². The van der Waals surface area contributed by atoms with Crippen LogP contribution in [0.4, 0.5) is 0 Å². The number of carbonyl (C=O) groups is 6. The summed E-state index contributed by atoms with van der Waals surface area (Å²) >= 11 is 0. The Morgan fingerprint density at radius 2 is 1.42 bits per heavy atom. The molecule has 27 heteroatoms. The SMILES string of the molecule is C[C@]12CCC(=O)C=C1CC[C@@H]1[C@@H]2[C@@H](O)C[C@@]2(C)[C@H]1CC[C@]2(O)C(=O)CO.O=C([O-])CC(O)(CC(=O)[O-])C(=O)[O-].O=C[C@@H](O)[C@@H](O)[C@H](O)[C@H](O)CO.OC[C@H]1O[C@](O)(CO)[C@@H](O)[C@@H]1O.[Na+].[Na+].[Na+]. The quantitative estimate of drug-likeness (QED) is 0.0568. The molecule has 0 bridgehead atoms. The van der Waals surface area contributed by atoms with Crippen LogP contribution in [0.1, 0.15) is 71.6 Å². The van der Waals surface area contributed by atoms with Crippen LogP contribution in [0.2, 0.25) is 0 Å². The molecule has 0 aromatic carbocycles. The molecule has 1 aliphatic heterocycles. The van der Waals surface area contributed by atoms with E-state index in [0.29, 0.717) is 19.3 Å². The Hall–Kier alpha value is -0.440. The standard InChI is InChI=1S/C21H30O5.C6H8O7.2C6H12O6.3Na/c1-19-7-5-13(23)9-12(19)3-4-14-15-6-8-21(26,17(25)11-22)20(15,2)10-16(24)18(14)19;7-3(8)1-6(13,5(11)12)2-4(9)10;7-1-3-4(9)5(10)6(11,2-8)12-3;7-1-3(9)5(11)6(12)4(10)2-8;;;/h9,14-16,18,22,24,26H,3-8,10-11H2,1-2H3;13H,1-2H2,(H,7,8)(H,9,10)(H,11,12);3-5,7-11H,1-2H2;1,3-6,8-12H,2H2;;;/q;;;;3*+1/p-3/t14-,15-,16-,18+,19-,20-,21-;;3-,4-,5+,6-;3-,4-,5-,6-;;;/m0.11.../s1. The van der Waals surface area contributed by atoms with Crippen LogP contribution in [0.25, 0.3) is 0 Å². The molecule has 14 N–H and O–H groups in total. The van der Waals surface area contributed by atoms with Crippen molar-refractivity contribution in [3.63, 3.8) is 0 Å². The van der Waals surface area contributed by atoms with Crippen LogP contribution >= 0.6 is 0 Å². The molecule has 0 amide bonds. The first-order valence-electron chi connectivity index (χ1n) is 19.9. The fourth-order valence-corrected chi connectivity index (χ4v) is 9.73. The van der Waals surface area contributed by atoms with Crippen molar-refractivity contribution in [2.75, 3.05) is 26.4 Å². The predicted molar refractivity (Wildman–Crippen MR) is 198 cm³/mol. The van der Waals surface area contributed by atoms with Crippen LogP contribution in [0.5, 0.6) is 0 Å². The van der Waals surface area contributed by atoms with Gasteiger partial charge in [0.15, 0.2) is 17.9 Å². The molecule has 15 atom stereocenters. The van der Waals surface area contributed by atoms with Crippen LogP contribution in [0.3, 0.4) is 0 Å². The number of carbonyl (C=O) groups excluding carboxylic acids is 6. The molecule has 66 heavy (non-hydrogen) atoms. The van der Waals surface area contributed by atoms with Crippen molar-refractivity contribution in [3.8, 4) is 0 Å². The number of ketones is 2. The second-order valence-electron chi connectivity index (χ2n) is 17.1. The van der Waals surface area contributed by atoms with E-state index in [1.54, 1.807) is 6.08 Å². The topological polar surface area (TPSA) is 464 Å². The van der Waals surface area contributed by atoms with Gasteiger partial charge in [-0.3, -0.25) is 9.59 Å². The third kappa shape index (κ3) is 15.1. The molecule has 0 unspecified atom stereocenters. The van der Waals surface area contributed by atoms with Crippen molar-refractivity contribution in [1.82, 2.24) is 0 Å². The minimum absolute atomic E-state index is 0. The van der Waals surface area contributed by atoms with Crippen LogP contribution in [-0.4, -0.2) is 200 Å². The van der Waals surface area contributed by atoms with Crippen molar-refractivity contribution in [3.05, 3.63) is 11.6 Å². The molecule has 0 aromatic rings. The normalized spacial score (nSPS) is 34.6. The molecule has 5 rings (SSSR count). The number of aliphatic carboxylic acids is 3. The number of fused-ring (bicyclic) bond motifs is 5. The Kier molecular flexibility index (Phi) is 28.7. The third-order valence-electron chi connectivity index (χ3n) is 13.3. The molecule has 24 nitrogen and oxygen atoms in total. The summed E-state index contributed by atoms with van der Waals surface area (Å²) in [5.74, 6) is -8.00. The summed E-state index contributed by atoms with van der Waals surface area (Å²) in [6, 6.07) is 0. The van der Waals surface area contributed by atoms with Gasteiger partial charge in [0.25, 0.3) is 0 Å². The minimum atomic E-state index is -2.97. The fourth-order valence-electron chi connectivity index (χ4n) is 9.73. The zero-order valence-electron chi connectivity index (χ0n) is 37.5. The minimum Gasteiger partial charge on any atom is -0.550 e. The number of carboxylic acid groups (broad SMARTS) is 3. The molecule has 362 valence electrons. The zero-order chi connectivity index (χ0) is 48.6. The monoisotopic (exact) mass is 980 g/mol. The second kappa shape index (κ2) is 28.0. The molecular weight excluding hydrogens is 921 g/mol. The van der Waals surface area contributed by atoms with E-state index >= 15 is 0 Å². The van der Waals surface area contributed by atoms with E-state index < -0.39 is 134 Å². The van der Waals surface area contributed by atoms with Gasteiger partial charge in [-0.25, -0.2) is 0 Å². The smallest absolute Gasteiger partial charge is 0.550 e. The van der Waals surface area contributed by atoms with Gasteiger partial charge in [-0.1, -0.05) is 19.4 Å². The van der Waals surface area contributed by atoms with Crippen molar-refractivity contribution < 1.29 is 209 Å². The Bertz CT molecular complexity index is 1660. The first-order chi connectivity index (χ1) is 29.0. The van der Waals surface area contributed by atoms with Gasteiger partial charge < -0.3 is 111 Å². The van der Waals surface area contributed by atoms with Gasteiger partial charge >= 0.3 is 88.7 Å². The van der Waals surface area contributed by atoms with Crippen molar-refractivity contribution >= 4 is 35.8 Å². The molecule has 5 aliphatic rings. The number of aliphatic hydroxyl groups is 14. The largest absolute Gasteiger partial charge is 1.00 e. The van der Waals surface area contributed by atoms with Crippen LogP contribution in [0.15, 0.2) is 11.6 Å². The maximum Gasteiger partial charge on any atom is 1.00 e. The second-order valence-corrected chi connectivity index (χ2v) is 17.1. The number of carboxylic acids is 3. The first-order valence-corrected chi connectivity index (χ1v) is 19.9. The number of Topliss-reactive ketones (excluding diaryl/α,β-unsaturated/α-hetero) is 1. The predicted octanol–water partition coefficient (Wildman–Crippen LogP) is -19.1. The molecule has 0 radical (unpaired) electrons. The Balaban J connectivity index is 0. The number of allylic oxidation sites excluding steroid dienone is 1. The summed E-state index contributed by atoms with van der Waals surface area (Å²) in [6.45, 7) is 1.34. The molecule has 1 saturated heterocycles. The summed E-state index contributed by atoms with van der Waals surface area (Å²) in [5, 5.41) is 159. The van der Waals surface area contributed by atoms with E-state index in [4.69, 9.17) is 51.1 Å². The van der Waals surface area contributed by atoms with Crippen molar-refractivity contribution in [2.45, 2.75) is 137 Å². The van der Waals surface area contributed by atoms with Gasteiger partial charge in [0.05, 0.1) is 31.9 Å². The summed E-state index contributed by atoms with van der Waals surface area (Å²) in [6.07, 6.45) is -7.86. The number of aldehydes is 1. The molecule has 4 fully saturated rings. The number of hydrogen-bond donors (Lipinski definition) is 14. The Morgan fingerprint density at radius 1 is 0.879 bits per heavy atom. The summed E-state index contributed by atoms with van der Waals surface area (Å²) in [4.78, 5) is 64.2. The zero-order valence-corrected chi connectivity index (χ0v) is 43.5. The molecule has 1 heterocycles. The number of aliphatic hydroxyl groups excluding tert-OH is 11. The van der Waals surface area contributed by atoms with Gasteiger partial charge in [-0.15, -0.1) is 0 Å².